The van der Waals surface area contributed by atoms with E-state index in [0.717, 1.165) is 0 Å². The van der Waals surface area contributed by atoms with E-state index in [2.05, 4.69) is 0 Å². The quantitative estimate of drug-likeness (QED) is 0.268. The predicted molar refractivity (Wildman–Crippen MR) is 8.36 cm³/mol. The molecule has 0 aromatic rings. The van der Waals surface area contributed by atoms with Crippen molar-refractivity contribution >= 4 is 0 Å². The molecule has 0 aliphatic carbocycles. The van der Waals surface area contributed by atoms with Gasteiger partial charge in [-0.05, 0) is 0 Å². The van der Waals surface area contributed by atoms with Gasteiger partial charge in [0.2, 0.25) is 0 Å². The summed E-state index contributed by atoms with van der Waals surface area (Å²) in [7, 11) is 0. The van der Waals surface area contributed by atoms with E-state index < -0.39 is 0 Å². The molecule has 4 heavy (non-hydrogen) atoms. The van der Waals surface area contributed by atoms with E-state index in [9.17, 15) is 0 Å². The molecule has 0 saturated carbocycles. The second kappa shape index (κ2) is 21.8. The Morgan fingerprint density at radius 1 is 0.750 bits per heavy atom. The number of rotatable bonds is 0. The molecule has 0 aromatic heterocycles. The molecule has 0 unspecified atom stereocenters. The van der Waals surface area contributed by atoms with E-state index in [1.54, 1.807) is 0 Å². The second-order valence-electron chi connectivity index (χ2n) is 0. The van der Waals surface area contributed by atoms with Gasteiger partial charge < -0.3 is 10.4 Å². The van der Waals surface area contributed by atoms with Gasteiger partial charge in [-0.1, -0.05) is 0 Å². The molecule has 0 heterocycles. The SMILES string of the molecule is N.[H-].[H-].[H-].[Li+].[Li+].[Li+]. The molecule has 14 valence electrons. The van der Waals surface area contributed by atoms with E-state index in [1.165, 1.54) is 0 Å². The average molecular weight is 40.9 g/mol. The summed E-state index contributed by atoms with van der Waals surface area (Å²) >= 11 is 0. The third-order valence-corrected chi connectivity index (χ3v) is 0. The van der Waals surface area contributed by atoms with Crippen LogP contribution in [0.4, 0.5) is 0 Å². The Kier molecular flexibility index (Phi) is 231. The van der Waals surface area contributed by atoms with Gasteiger partial charge in [-0.2, -0.15) is 0 Å². The molecule has 0 spiro atoms. The molecule has 0 bridgehead atoms. The van der Waals surface area contributed by atoms with Gasteiger partial charge >= 0.3 is 56.6 Å². The van der Waals surface area contributed by atoms with Crippen LogP contribution in [0.2, 0.25) is 0 Å². The first-order valence-corrected chi connectivity index (χ1v) is 0. The summed E-state index contributed by atoms with van der Waals surface area (Å²) < 4.78 is 0. The first-order valence-electron chi connectivity index (χ1n) is 0. The van der Waals surface area contributed by atoms with Crippen molar-refractivity contribution in [2.45, 2.75) is 0 Å². The zero-order valence-corrected chi connectivity index (χ0v) is 3.71. The monoisotopic (exact) mass is 41.1 g/mol. The molecule has 0 fully saturated rings. The van der Waals surface area contributed by atoms with Crippen molar-refractivity contribution in [3.63, 3.8) is 0 Å². The first-order chi connectivity index (χ1) is 0. The topological polar surface area (TPSA) is 35.0 Å². The first kappa shape index (κ1) is 42.3. The summed E-state index contributed by atoms with van der Waals surface area (Å²) in [6.07, 6.45) is 0. The summed E-state index contributed by atoms with van der Waals surface area (Å²) in [5, 5.41) is 0. The second-order valence-corrected chi connectivity index (χ2v) is 0. The van der Waals surface area contributed by atoms with Crippen LogP contribution in [0.25, 0.3) is 0 Å². The van der Waals surface area contributed by atoms with E-state index >= 15 is 0 Å². The van der Waals surface area contributed by atoms with Gasteiger partial charge in [0.25, 0.3) is 0 Å². The van der Waals surface area contributed by atoms with E-state index in [-0.39, 0.29) is 67.0 Å². The summed E-state index contributed by atoms with van der Waals surface area (Å²) in [6, 6.07) is 0. The molecule has 0 amide bonds. The summed E-state index contributed by atoms with van der Waals surface area (Å²) in [5.74, 6) is 0. The molecule has 4 heteroatoms. The van der Waals surface area contributed by atoms with Crippen LogP contribution in [0.5, 0.6) is 0 Å². The third kappa shape index (κ3) is 9.26. The van der Waals surface area contributed by atoms with Crippen LogP contribution in [0.3, 0.4) is 0 Å². The van der Waals surface area contributed by atoms with Crippen LogP contribution in [0.15, 0.2) is 0 Å². The fraction of sp³-hybridized carbons (Fsp3) is 0. The Hall–Kier alpha value is 1.75. The summed E-state index contributed by atoms with van der Waals surface area (Å²) in [5.41, 5.74) is 0. The minimum absolute atomic E-state index is 0. The molecule has 1 nitrogen and oxygen atoms in total. The largest absolute Gasteiger partial charge is 1.00 e. The average Bonchev–Trinajstić information content (AvgIpc) is 0. The minimum Gasteiger partial charge on any atom is -1.00 e. The van der Waals surface area contributed by atoms with Crippen LogP contribution in [0, 0.1) is 0 Å². The van der Waals surface area contributed by atoms with Crippen LogP contribution in [-0.4, -0.2) is 0 Å². The molecule has 0 rings (SSSR count). The van der Waals surface area contributed by atoms with Crippen LogP contribution >= 0.6 is 0 Å². The molecular formula is H6Li3N. The third-order valence-electron chi connectivity index (χ3n) is 0. The van der Waals surface area contributed by atoms with Gasteiger partial charge in [0.1, 0.15) is 0 Å². The normalized spacial score (nSPS) is 0. The van der Waals surface area contributed by atoms with Crippen LogP contribution in [-0.2, 0) is 0 Å². The predicted octanol–water partition coefficient (Wildman–Crippen LogP) is -8.49. The van der Waals surface area contributed by atoms with Crippen molar-refractivity contribution in [2.75, 3.05) is 0 Å². The van der Waals surface area contributed by atoms with Gasteiger partial charge in [-0.25, -0.2) is 0 Å². The van der Waals surface area contributed by atoms with Gasteiger partial charge in [0, 0.05) is 0 Å². The van der Waals surface area contributed by atoms with E-state index in [0.29, 0.717) is 0 Å². The van der Waals surface area contributed by atoms with Gasteiger partial charge in [-0.15, -0.1) is 0 Å². The molecule has 0 aromatic carbocycles. The van der Waals surface area contributed by atoms with Crippen LogP contribution < -0.4 is 62.7 Å². The maximum absolute atomic E-state index is 0. The molecule has 3 N–H and O–H groups in total. The van der Waals surface area contributed by atoms with Crippen molar-refractivity contribution in [1.29, 1.82) is 0 Å². The van der Waals surface area contributed by atoms with E-state index in [1.807, 2.05) is 0 Å². The fourth-order valence-electron chi connectivity index (χ4n) is 0. The molecule has 0 atom stereocenters. The van der Waals surface area contributed by atoms with Crippen molar-refractivity contribution in [3.8, 4) is 0 Å². The molecule has 0 aliphatic rings. The fourth-order valence-corrected chi connectivity index (χ4v) is 0. The van der Waals surface area contributed by atoms with Gasteiger partial charge in [0.15, 0.2) is 0 Å². The Bertz CT molecular complexity index is 10.1. The van der Waals surface area contributed by atoms with Gasteiger partial charge in [-0.3, -0.25) is 0 Å². The zero-order chi connectivity index (χ0) is 0. The standard InChI is InChI=1S/3Li.H3N.3H/h;;;1H3;;;/q3*+1;;3*-1. The van der Waals surface area contributed by atoms with Crippen LogP contribution in [0.1, 0.15) is 4.28 Å². The molecule has 0 saturated heterocycles. The van der Waals surface area contributed by atoms with Gasteiger partial charge in [0.05, 0.1) is 0 Å². The Balaban J connectivity index is 0. The Morgan fingerprint density at radius 2 is 0.750 bits per heavy atom. The van der Waals surface area contributed by atoms with Crippen molar-refractivity contribution < 1.29 is 60.9 Å². The van der Waals surface area contributed by atoms with Crippen molar-refractivity contribution in [1.82, 2.24) is 6.15 Å². The molecular weight excluding hydrogens is 34.8 g/mol. The van der Waals surface area contributed by atoms with Crippen molar-refractivity contribution in [3.05, 3.63) is 0 Å². The van der Waals surface area contributed by atoms with Crippen molar-refractivity contribution in [2.24, 2.45) is 0 Å². The maximum atomic E-state index is 0. The zero-order valence-electron chi connectivity index (χ0n) is 6.71. The maximum Gasteiger partial charge on any atom is 1.00 e. The summed E-state index contributed by atoms with van der Waals surface area (Å²) in [6.45, 7) is 0. The van der Waals surface area contributed by atoms with E-state index in [4.69, 9.17) is 0 Å². The number of hydrogen-bond donors (Lipinski definition) is 1. The Labute approximate surface area is 66.9 Å². The smallest absolute Gasteiger partial charge is 1.00 e. The minimum atomic E-state index is 0. The molecule has 0 aliphatic heterocycles. The summed E-state index contributed by atoms with van der Waals surface area (Å²) in [4.78, 5) is 0. The number of hydrogen-bond acceptors (Lipinski definition) is 1. The molecule has 0 radical (unpaired) electrons. The Morgan fingerprint density at radius 3 is 0.750 bits per heavy atom.